The number of nitriles is 1. The molecule has 0 heterocycles. The van der Waals surface area contributed by atoms with E-state index >= 15 is 0 Å². The van der Waals surface area contributed by atoms with Crippen molar-refractivity contribution in [2.75, 3.05) is 5.32 Å². The fourth-order valence-electron chi connectivity index (χ4n) is 2.21. The highest BCUT2D eigenvalue weighted by atomic mass is 19.1. The predicted octanol–water partition coefficient (Wildman–Crippen LogP) is 4.71. The van der Waals surface area contributed by atoms with Gasteiger partial charge in [0.15, 0.2) is 0 Å². The van der Waals surface area contributed by atoms with Crippen molar-refractivity contribution in [1.82, 2.24) is 0 Å². The fourth-order valence-corrected chi connectivity index (χ4v) is 2.21. The highest BCUT2D eigenvalue weighted by molar-refractivity contribution is 6.09. The van der Waals surface area contributed by atoms with Gasteiger partial charge in [0.2, 0.25) is 0 Å². The summed E-state index contributed by atoms with van der Waals surface area (Å²) in [5.74, 6) is -0.846. The zero-order valence-electron chi connectivity index (χ0n) is 13.6. The molecule has 3 nitrogen and oxygen atoms in total. The van der Waals surface area contributed by atoms with Crippen LogP contribution in [0.15, 0.2) is 54.1 Å². The Bertz CT molecular complexity index is 756. The molecule has 4 heteroatoms. The predicted molar refractivity (Wildman–Crippen MR) is 93.7 cm³/mol. The van der Waals surface area contributed by atoms with E-state index < -0.39 is 5.91 Å². The lowest BCUT2D eigenvalue weighted by Crippen LogP contribution is -2.13. The molecule has 24 heavy (non-hydrogen) atoms. The third-order valence-electron chi connectivity index (χ3n) is 3.58. The van der Waals surface area contributed by atoms with Crippen LogP contribution in [0.1, 0.15) is 30.9 Å². The molecule has 0 spiro atoms. The number of halogens is 1. The molecule has 0 saturated carbocycles. The van der Waals surface area contributed by atoms with Gasteiger partial charge < -0.3 is 5.32 Å². The number of hydrogen-bond acceptors (Lipinski definition) is 2. The molecule has 0 fully saturated rings. The van der Waals surface area contributed by atoms with E-state index in [-0.39, 0.29) is 11.4 Å². The molecule has 0 saturated heterocycles. The second-order valence-corrected chi connectivity index (χ2v) is 5.48. The minimum Gasteiger partial charge on any atom is -0.321 e. The van der Waals surface area contributed by atoms with Gasteiger partial charge in [-0.3, -0.25) is 4.79 Å². The van der Waals surface area contributed by atoms with E-state index in [2.05, 4.69) is 12.2 Å². The number of nitrogens with one attached hydrogen (secondary N) is 1. The van der Waals surface area contributed by atoms with Crippen LogP contribution in [0.25, 0.3) is 6.08 Å². The average Bonchev–Trinajstić information content (AvgIpc) is 2.60. The number of carbonyl (C=O) groups is 1. The van der Waals surface area contributed by atoms with Gasteiger partial charge >= 0.3 is 0 Å². The average molecular weight is 322 g/mol. The summed E-state index contributed by atoms with van der Waals surface area (Å²) in [6.07, 6.45) is 4.71. The minimum atomic E-state index is -0.483. The summed E-state index contributed by atoms with van der Waals surface area (Å²) in [5, 5.41) is 11.9. The molecular formula is C20H19FN2O. The van der Waals surface area contributed by atoms with E-state index in [0.717, 1.165) is 19.3 Å². The molecule has 0 aromatic heterocycles. The number of unbranched alkanes of at least 4 members (excludes halogenated alkanes) is 1. The van der Waals surface area contributed by atoms with Crippen LogP contribution in [-0.2, 0) is 11.2 Å². The first kappa shape index (κ1) is 17.4. The van der Waals surface area contributed by atoms with Gasteiger partial charge in [-0.1, -0.05) is 37.6 Å². The van der Waals surface area contributed by atoms with Gasteiger partial charge in [0.1, 0.15) is 17.5 Å². The van der Waals surface area contributed by atoms with Gasteiger partial charge in [-0.15, -0.1) is 0 Å². The molecule has 2 rings (SSSR count). The van der Waals surface area contributed by atoms with Crippen LogP contribution in [0, 0.1) is 17.1 Å². The lowest BCUT2D eigenvalue weighted by Gasteiger charge is -2.06. The van der Waals surface area contributed by atoms with Crippen molar-refractivity contribution in [3.63, 3.8) is 0 Å². The van der Waals surface area contributed by atoms with E-state index in [1.807, 2.05) is 30.3 Å². The topological polar surface area (TPSA) is 52.9 Å². The first-order valence-electron chi connectivity index (χ1n) is 7.90. The summed E-state index contributed by atoms with van der Waals surface area (Å²) < 4.78 is 12.9. The van der Waals surface area contributed by atoms with Crippen LogP contribution < -0.4 is 5.32 Å². The summed E-state index contributed by atoms with van der Waals surface area (Å²) in [4.78, 5) is 12.2. The summed E-state index contributed by atoms with van der Waals surface area (Å²) in [5.41, 5.74) is 2.42. The Kier molecular flexibility index (Phi) is 6.27. The zero-order valence-corrected chi connectivity index (χ0v) is 13.6. The Balaban J connectivity index is 2.06. The van der Waals surface area contributed by atoms with Crippen LogP contribution in [0.4, 0.5) is 10.1 Å². The maximum atomic E-state index is 12.9. The van der Waals surface area contributed by atoms with Gasteiger partial charge in [0.25, 0.3) is 5.91 Å². The number of anilines is 1. The van der Waals surface area contributed by atoms with Crippen molar-refractivity contribution in [3.05, 3.63) is 71.0 Å². The van der Waals surface area contributed by atoms with Gasteiger partial charge in [-0.25, -0.2) is 4.39 Å². The van der Waals surface area contributed by atoms with Crippen molar-refractivity contribution < 1.29 is 9.18 Å². The molecular weight excluding hydrogens is 303 g/mol. The van der Waals surface area contributed by atoms with Gasteiger partial charge in [-0.05, 0) is 54.3 Å². The normalized spacial score (nSPS) is 11.0. The van der Waals surface area contributed by atoms with Crippen LogP contribution in [0.5, 0.6) is 0 Å². The largest absolute Gasteiger partial charge is 0.321 e. The molecule has 0 aliphatic carbocycles. The summed E-state index contributed by atoms with van der Waals surface area (Å²) in [6, 6.07) is 15.1. The number of benzene rings is 2. The summed E-state index contributed by atoms with van der Waals surface area (Å²) in [6.45, 7) is 2.14. The molecule has 0 bridgehead atoms. The molecule has 2 aromatic carbocycles. The first-order chi connectivity index (χ1) is 11.6. The zero-order chi connectivity index (χ0) is 17.4. The van der Waals surface area contributed by atoms with Gasteiger partial charge in [0.05, 0.1) is 0 Å². The quantitative estimate of drug-likeness (QED) is 0.618. The lowest BCUT2D eigenvalue weighted by molar-refractivity contribution is -0.112. The van der Waals surface area contributed by atoms with Crippen LogP contribution in [-0.4, -0.2) is 5.91 Å². The minimum absolute atomic E-state index is 0.0309. The van der Waals surface area contributed by atoms with Gasteiger partial charge in [0, 0.05) is 5.69 Å². The Morgan fingerprint density at radius 1 is 1.17 bits per heavy atom. The van der Waals surface area contributed by atoms with E-state index in [1.165, 1.54) is 35.9 Å². The highest BCUT2D eigenvalue weighted by Gasteiger charge is 2.09. The summed E-state index contributed by atoms with van der Waals surface area (Å²) in [7, 11) is 0. The highest BCUT2D eigenvalue weighted by Crippen LogP contribution is 2.14. The molecule has 0 radical (unpaired) electrons. The maximum Gasteiger partial charge on any atom is 0.266 e. The molecule has 122 valence electrons. The van der Waals surface area contributed by atoms with Crippen LogP contribution in [0.2, 0.25) is 0 Å². The number of carbonyl (C=O) groups excluding carboxylic acids is 1. The SMILES string of the molecule is CCCCc1ccc(NC(=O)/C(C#N)=C\c2ccc(F)cc2)cc1. The fraction of sp³-hybridized carbons (Fsp3) is 0.200. The Hall–Kier alpha value is -2.93. The van der Waals surface area contributed by atoms with Gasteiger partial charge in [-0.2, -0.15) is 5.26 Å². The molecule has 0 unspecified atom stereocenters. The third-order valence-corrected chi connectivity index (χ3v) is 3.58. The second-order valence-electron chi connectivity index (χ2n) is 5.48. The van der Waals surface area contributed by atoms with E-state index in [0.29, 0.717) is 11.3 Å². The number of hydrogen-bond donors (Lipinski definition) is 1. The standard InChI is InChI=1S/C20H19FN2O/c1-2-3-4-15-7-11-19(12-8-15)23-20(24)17(14-22)13-16-5-9-18(21)10-6-16/h5-13H,2-4H2,1H3,(H,23,24)/b17-13-. The molecule has 0 aliphatic rings. The Morgan fingerprint density at radius 3 is 2.42 bits per heavy atom. The molecule has 1 amide bonds. The number of amides is 1. The first-order valence-corrected chi connectivity index (χ1v) is 7.90. The lowest BCUT2D eigenvalue weighted by atomic mass is 10.1. The maximum absolute atomic E-state index is 12.9. The van der Waals surface area contributed by atoms with E-state index in [4.69, 9.17) is 0 Å². The Morgan fingerprint density at radius 2 is 1.83 bits per heavy atom. The van der Waals surface area contributed by atoms with E-state index in [1.54, 1.807) is 0 Å². The van der Waals surface area contributed by atoms with Crippen LogP contribution in [0.3, 0.4) is 0 Å². The molecule has 1 N–H and O–H groups in total. The monoisotopic (exact) mass is 322 g/mol. The molecule has 2 aromatic rings. The van der Waals surface area contributed by atoms with Crippen molar-refractivity contribution in [2.24, 2.45) is 0 Å². The second kappa shape index (κ2) is 8.64. The van der Waals surface area contributed by atoms with Crippen molar-refractivity contribution in [2.45, 2.75) is 26.2 Å². The third kappa shape index (κ3) is 5.06. The Labute approximate surface area is 141 Å². The number of aryl methyl sites for hydroxylation is 1. The van der Waals surface area contributed by atoms with Crippen molar-refractivity contribution >= 4 is 17.7 Å². The number of nitrogens with zero attached hydrogens (tertiary/aromatic N) is 1. The van der Waals surface area contributed by atoms with Crippen molar-refractivity contribution in [1.29, 1.82) is 5.26 Å². The number of rotatable bonds is 6. The molecule has 0 aliphatic heterocycles. The smallest absolute Gasteiger partial charge is 0.266 e. The van der Waals surface area contributed by atoms with E-state index in [9.17, 15) is 14.4 Å². The molecule has 0 atom stereocenters. The van der Waals surface area contributed by atoms with Crippen LogP contribution >= 0.6 is 0 Å². The summed E-state index contributed by atoms with van der Waals surface area (Å²) >= 11 is 0. The van der Waals surface area contributed by atoms with Crippen molar-refractivity contribution in [3.8, 4) is 6.07 Å².